The normalized spacial score (nSPS) is 13.2. The van der Waals surface area contributed by atoms with Gasteiger partial charge in [0.05, 0.1) is 16.9 Å². The Hall–Kier alpha value is -1.07. The zero-order valence-corrected chi connectivity index (χ0v) is 10.9. The Kier molecular flexibility index (Phi) is 4.76. The van der Waals surface area contributed by atoms with Gasteiger partial charge in [-0.25, -0.2) is 0 Å². The van der Waals surface area contributed by atoms with Crippen molar-refractivity contribution in [1.29, 1.82) is 0 Å². The molecule has 1 aromatic rings. The van der Waals surface area contributed by atoms with E-state index in [-0.39, 0.29) is 5.43 Å². The summed E-state index contributed by atoms with van der Waals surface area (Å²) >= 11 is 3.09. The highest BCUT2D eigenvalue weighted by molar-refractivity contribution is 9.10. The maximum absolute atomic E-state index is 11.6. The molecule has 0 aliphatic rings. The zero-order valence-electron chi connectivity index (χ0n) is 9.27. The molecule has 1 atom stereocenters. The van der Waals surface area contributed by atoms with Crippen LogP contribution >= 0.6 is 15.9 Å². The molecule has 0 saturated carbocycles. The minimum Gasteiger partial charge on any atom is -0.429 e. The lowest BCUT2D eigenvalue weighted by Crippen LogP contribution is -2.19. The lowest BCUT2D eigenvalue weighted by molar-refractivity contribution is 0.183. The van der Waals surface area contributed by atoms with Crippen molar-refractivity contribution in [2.45, 2.75) is 19.4 Å². The van der Waals surface area contributed by atoms with E-state index in [2.05, 4.69) is 28.2 Å². The van der Waals surface area contributed by atoms with Gasteiger partial charge in [-0.1, -0.05) is 12.2 Å². The van der Waals surface area contributed by atoms with Crippen LogP contribution in [0, 0.1) is 0 Å². The molecule has 1 heterocycles. The van der Waals surface area contributed by atoms with Crippen molar-refractivity contribution in [3.63, 3.8) is 0 Å². The smallest absolute Gasteiger partial charge is 0.203 e. The van der Waals surface area contributed by atoms with E-state index in [1.54, 1.807) is 6.08 Å². The number of hydrogen-bond donors (Lipinski definition) is 2. The molecule has 1 aromatic heterocycles. The Bertz CT molecular complexity index is 440. The van der Waals surface area contributed by atoms with Gasteiger partial charge < -0.3 is 10.5 Å². The summed E-state index contributed by atoms with van der Waals surface area (Å²) in [5.41, 5.74) is 0.332. The van der Waals surface area contributed by atoms with Gasteiger partial charge in [-0.15, -0.1) is 0 Å². The SMILES string of the molecule is CNC(C)C/C=C/c1cn(O)cc(Br)c1=O. The fourth-order valence-corrected chi connectivity index (χ4v) is 1.63. The topological polar surface area (TPSA) is 54.3 Å². The van der Waals surface area contributed by atoms with Crippen molar-refractivity contribution in [1.82, 2.24) is 10.0 Å². The molecule has 16 heavy (non-hydrogen) atoms. The molecular formula is C11H15BrN2O2. The van der Waals surface area contributed by atoms with Gasteiger partial charge in [-0.05, 0) is 36.3 Å². The number of hydrogen-bond acceptors (Lipinski definition) is 3. The number of aromatic nitrogens is 1. The second-order valence-electron chi connectivity index (χ2n) is 3.60. The quantitative estimate of drug-likeness (QED) is 0.831. The Labute approximate surface area is 103 Å². The molecule has 0 bridgehead atoms. The highest BCUT2D eigenvalue weighted by Gasteiger charge is 2.02. The Morgan fingerprint density at radius 1 is 1.62 bits per heavy atom. The Morgan fingerprint density at radius 2 is 2.31 bits per heavy atom. The summed E-state index contributed by atoms with van der Waals surface area (Å²) < 4.78 is 1.21. The molecular weight excluding hydrogens is 272 g/mol. The third-order valence-electron chi connectivity index (χ3n) is 2.28. The number of nitrogens with one attached hydrogen (secondary N) is 1. The zero-order chi connectivity index (χ0) is 12.1. The van der Waals surface area contributed by atoms with Crippen LogP contribution in [-0.4, -0.2) is 23.0 Å². The first-order chi connectivity index (χ1) is 7.54. The van der Waals surface area contributed by atoms with E-state index >= 15 is 0 Å². The molecule has 1 rings (SSSR count). The van der Waals surface area contributed by atoms with Gasteiger partial charge in [-0.2, -0.15) is 4.73 Å². The Balaban J connectivity index is 2.85. The fraction of sp³-hybridized carbons (Fsp3) is 0.364. The molecule has 0 amide bonds. The van der Waals surface area contributed by atoms with Gasteiger partial charge in [0.15, 0.2) is 0 Å². The van der Waals surface area contributed by atoms with Gasteiger partial charge in [0.25, 0.3) is 0 Å². The summed E-state index contributed by atoms with van der Waals surface area (Å²) in [5.74, 6) is 0. The van der Waals surface area contributed by atoms with E-state index in [4.69, 9.17) is 0 Å². The summed E-state index contributed by atoms with van der Waals surface area (Å²) in [4.78, 5) is 11.6. The van der Waals surface area contributed by atoms with Crippen molar-refractivity contribution >= 4 is 22.0 Å². The van der Waals surface area contributed by atoms with Crippen LogP contribution in [0.25, 0.3) is 6.08 Å². The molecule has 2 N–H and O–H groups in total. The minimum absolute atomic E-state index is 0.126. The molecule has 0 spiro atoms. The summed E-state index contributed by atoms with van der Waals surface area (Å²) in [6, 6.07) is 0.361. The van der Waals surface area contributed by atoms with Crippen molar-refractivity contribution < 1.29 is 5.21 Å². The van der Waals surface area contributed by atoms with E-state index in [1.165, 1.54) is 12.4 Å². The van der Waals surface area contributed by atoms with Crippen LogP contribution in [-0.2, 0) is 0 Å². The molecule has 5 heteroatoms. The molecule has 4 nitrogen and oxygen atoms in total. The second-order valence-corrected chi connectivity index (χ2v) is 4.45. The largest absolute Gasteiger partial charge is 0.429 e. The van der Waals surface area contributed by atoms with E-state index < -0.39 is 0 Å². The van der Waals surface area contributed by atoms with Crippen molar-refractivity contribution in [2.75, 3.05) is 7.05 Å². The number of pyridine rings is 1. The van der Waals surface area contributed by atoms with Gasteiger partial charge in [0, 0.05) is 11.6 Å². The van der Waals surface area contributed by atoms with Crippen LogP contribution in [0.5, 0.6) is 0 Å². The molecule has 88 valence electrons. The van der Waals surface area contributed by atoms with Crippen LogP contribution in [0.2, 0.25) is 0 Å². The lowest BCUT2D eigenvalue weighted by atomic mass is 10.2. The lowest BCUT2D eigenvalue weighted by Gasteiger charge is -2.05. The molecule has 0 aliphatic heterocycles. The third-order valence-corrected chi connectivity index (χ3v) is 2.84. The first-order valence-electron chi connectivity index (χ1n) is 4.99. The van der Waals surface area contributed by atoms with Crippen molar-refractivity contribution in [3.8, 4) is 0 Å². The monoisotopic (exact) mass is 286 g/mol. The third kappa shape index (κ3) is 3.50. The average molecular weight is 287 g/mol. The standard InChI is InChI=1S/C11H15BrN2O2/c1-8(13-2)4-3-5-9-6-14(16)7-10(12)11(9)15/h3,5-8,13,16H,4H2,1-2H3/b5-3+. The van der Waals surface area contributed by atoms with E-state index in [0.29, 0.717) is 16.1 Å². The predicted octanol–water partition coefficient (Wildman–Crippen LogP) is 1.86. The summed E-state index contributed by atoms with van der Waals surface area (Å²) in [6.45, 7) is 2.05. The number of halogens is 1. The fourth-order valence-electron chi connectivity index (χ4n) is 1.19. The molecule has 0 fully saturated rings. The molecule has 0 aromatic carbocycles. The van der Waals surface area contributed by atoms with E-state index in [9.17, 15) is 10.0 Å². The Morgan fingerprint density at radius 3 is 2.94 bits per heavy atom. The van der Waals surface area contributed by atoms with Crippen LogP contribution in [0.3, 0.4) is 0 Å². The van der Waals surface area contributed by atoms with Crippen molar-refractivity contribution in [3.05, 3.63) is 38.7 Å². The molecule has 0 radical (unpaired) electrons. The molecule has 0 saturated heterocycles. The average Bonchev–Trinajstić information content (AvgIpc) is 2.24. The number of nitrogens with zero attached hydrogens (tertiary/aromatic N) is 1. The van der Waals surface area contributed by atoms with Crippen LogP contribution in [0.4, 0.5) is 0 Å². The number of rotatable bonds is 4. The van der Waals surface area contributed by atoms with Crippen LogP contribution in [0.15, 0.2) is 27.7 Å². The van der Waals surface area contributed by atoms with E-state index in [0.717, 1.165) is 11.2 Å². The highest BCUT2D eigenvalue weighted by Crippen LogP contribution is 2.06. The minimum atomic E-state index is -0.126. The van der Waals surface area contributed by atoms with Crippen molar-refractivity contribution in [2.24, 2.45) is 0 Å². The first-order valence-corrected chi connectivity index (χ1v) is 5.78. The van der Waals surface area contributed by atoms with E-state index in [1.807, 2.05) is 13.1 Å². The maximum Gasteiger partial charge on any atom is 0.203 e. The van der Waals surface area contributed by atoms with Crippen LogP contribution < -0.4 is 10.7 Å². The predicted molar refractivity (Wildman–Crippen MR) is 67.8 cm³/mol. The second kappa shape index (κ2) is 5.86. The van der Waals surface area contributed by atoms with Gasteiger partial charge >= 0.3 is 0 Å². The first kappa shape index (κ1) is 13.0. The summed E-state index contributed by atoms with van der Waals surface area (Å²) in [6.07, 6.45) is 7.15. The van der Waals surface area contributed by atoms with Crippen LogP contribution in [0.1, 0.15) is 18.9 Å². The highest BCUT2D eigenvalue weighted by atomic mass is 79.9. The maximum atomic E-state index is 11.6. The summed E-state index contributed by atoms with van der Waals surface area (Å²) in [7, 11) is 1.89. The molecule has 1 unspecified atom stereocenters. The van der Waals surface area contributed by atoms with Gasteiger partial charge in [-0.3, -0.25) is 4.79 Å². The summed E-state index contributed by atoms with van der Waals surface area (Å²) in [5, 5.41) is 12.4. The van der Waals surface area contributed by atoms with Gasteiger partial charge in [0.1, 0.15) is 0 Å². The molecule has 0 aliphatic carbocycles. The van der Waals surface area contributed by atoms with Gasteiger partial charge in [0.2, 0.25) is 5.43 Å².